The summed E-state index contributed by atoms with van der Waals surface area (Å²) in [5, 5.41) is 21.2. The molecule has 0 aromatic carbocycles. The molecular weight excluding hydrogens is 372 g/mol. The molecule has 2 aromatic heterocycles. The molecular formula is C19H26N8S. The summed E-state index contributed by atoms with van der Waals surface area (Å²) in [6, 6.07) is 0. The Labute approximate surface area is 169 Å². The molecule has 1 unspecified atom stereocenters. The molecule has 148 valence electrons. The third-order valence-electron chi connectivity index (χ3n) is 5.16. The predicted molar refractivity (Wildman–Crippen MR) is 113 cm³/mol. The van der Waals surface area contributed by atoms with Crippen molar-refractivity contribution in [3.8, 4) is 11.3 Å². The molecule has 2 aromatic rings. The SMILES string of the molecule is C=C(/C=C(/NC1NC=Cn2c(-c3cnn(C)c3)cnc21)SN)C1CCNCC1. The molecule has 0 aliphatic carbocycles. The summed E-state index contributed by atoms with van der Waals surface area (Å²) in [6.45, 7) is 6.35. The molecule has 4 heterocycles. The van der Waals surface area contributed by atoms with Gasteiger partial charge in [-0.2, -0.15) is 5.10 Å². The van der Waals surface area contributed by atoms with Gasteiger partial charge in [-0.15, -0.1) is 0 Å². The van der Waals surface area contributed by atoms with E-state index in [1.165, 1.54) is 11.9 Å². The normalized spacial score (nSPS) is 19.9. The molecule has 28 heavy (non-hydrogen) atoms. The first-order chi connectivity index (χ1) is 13.7. The van der Waals surface area contributed by atoms with Crippen LogP contribution in [0.1, 0.15) is 24.8 Å². The van der Waals surface area contributed by atoms with Crippen LogP contribution in [0.5, 0.6) is 0 Å². The smallest absolute Gasteiger partial charge is 0.157 e. The largest absolute Gasteiger partial charge is 0.364 e. The second-order valence-electron chi connectivity index (χ2n) is 7.06. The number of nitrogens with two attached hydrogens (primary N) is 1. The molecule has 2 aliphatic heterocycles. The number of aryl methyl sites for hydroxylation is 1. The molecule has 1 fully saturated rings. The van der Waals surface area contributed by atoms with Gasteiger partial charge in [0, 0.05) is 31.2 Å². The first-order valence-electron chi connectivity index (χ1n) is 9.39. The van der Waals surface area contributed by atoms with E-state index in [9.17, 15) is 0 Å². The number of aromatic nitrogens is 4. The second-order valence-corrected chi connectivity index (χ2v) is 7.74. The van der Waals surface area contributed by atoms with Crippen molar-refractivity contribution in [3.05, 3.63) is 53.9 Å². The van der Waals surface area contributed by atoms with Crippen LogP contribution in [-0.4, -0.2) is 32.4 Å². The molecule has 0 bridgehead atoms. The molecule has 5 N–H and O–H groups in total. The number of rotatable bonds is 6. The Kier molecular flexibility index (Phi) is 5.56. The van der Waals surface area contributed by atoms with Crippen molar-refractivity contribution < 1.29 is 0 Å². The highest BCUT2D eigenvalue weighted by Crippen LogP contribution is 2.27. The summed E-state index contributed by atoms with van der Waals surface area (Å²) in [4.78, 5) is 4.62. The first-order valence-corrected chi connectivity index (χ1v) is 10.3. The number of nitrogens with one attached hydrogen (secondary N) is 3. The number of hydrogen-bond acceptors (Lipinski definition) is 7. The van der Waals surface area contributed by atoms with Crippen LogP contribution in [0.2, 0.25) is 0 Å². The van der Waals surface area contributed by atoms with E-state index in [0.29, 0.717) is 5.92 Å². The number of imidazole rings is 1. The van der Waals surface area contributed by atoms with Crippen LogP contribution in [-0.2, 0) is 7.05 Å². The number of allylic oxidation sites excluding steroid dienone is 2. The standard InChI is InChI=1S/C19H26N8S/c1-13(14-3-5-21-6-4-14)9-17(28-20)25-18-19-23-11-16(27(19)8-7-22-18)15-10-24-26(2)12-15/h7-12,14,18,21-22,25H,1,3-6,20H2,2H3/b17-9-. The maximum atomic E-state index is 5.94. The van der Waals surface area contributed by atoms with E-state index in [2.05, 4.69) is 43.3 Å². The van der Waals surface area contributed by atoms with Gasteiger partial charge >= 0.3 is 0 Å². The Hall–Kier alpha value is -2.49. The van der Waals surface area contributed by atoms with Gasteiger partial charge in [-0.3, -0.25) is 14.4 Å². The van der Waals surface area contributed by atoms with Crippen LogP contribution in [0.3, 0.4) is 0 Å². The number of piperidine rings is 1. The Morgan fingerprint density at radius 3 is 2.93 bits per heavy atom. The van der Waals surface area contributed by atoms with E-state index in [0.717, 1.165) is 53.6 Å². The monoisotopic (exact) mass is 398 g/mol. The summed E-state index contributed by atoms with van der Waals surface area (Å²) in [5.41, 5.74) is 3.14. The molecule has 4 rings (SSSR count). The molecule has 0 saturated carbocycles. The topological polar surface area (TPSA) is 97.8 Å². The number of fused-ring (bicyclic) bond motifs is 1. The fourth-order valence-corrected chi connectivity index (χ4v) is 4.04. The molecule has 2 aliphatic rings. The van der Waals surface area contributed by atoms with E-state index in [-0.39, 0.29) is 6.17 Å². The molecule has 0 amide bonds. The fourth-order valence-electron chi connectivity index (χ4n) is 3.64. The average molecular weight is 399 g/mol. The average Bonchev–Trinajstić information content (AvgIpc) is 3.34. The lowest BCUT2D eigenvalue weighted by Crippen LogP contribution is -2.35. The van der Waals surface area contributed by atoms with Crippen molar-refractivity contribution in [2.24, 2.45) is 18.1 Å². The lowest BCUT2D eigenvalue weighted by Gasteiger charge is -2.26. The van der Waals surface area contributed by atoms with Crippen LogP contribution >= 0.6 is 11.9 Å². The van der Waals surface area contributed by atoms with Gasteiger partial charge in [0.05, 0.1) is 23.1 Å². The molecule has 1 atom stereocenters. The Balaban J connectivity index is 1.52. The zero-order chi connectivity index (χ0) is 19.5. The van der Waals surface area contributed by atoms with Gasteiger partial charge in [-0.1, -0.05) is 6.58 Å². The quantitative estimate of drug-likeness (QED) is 0.436. The van der Waals surface area contributed by atoms with Crippen molar-refractivity contribution in [1.82, 2.24) is 35.3 Å². The van der Waals surface area contributed by atoms with Crippen molar-refractivity contribution >= 4 is 18.1 Å². The minimum absolute atomic E-state index is 0.182. The minimum atomic E-state index is -0.182. The van der Waals surface area contributed by atoms with Gasteiger partial charge in [0.15, 0.2) is 12.0 Å². The van der Waals surface area contributed by atoms with Crippen molar-refractivity contribution in [2.75, 3.05) is 13.1 Å². The molecule has 8 nitrogen and oxygen atoms in total. The predicted octanol–water partition coefficient (Wildman–Crippen LogP) is 1.91. The van der Waals surface area contributed by atoms with Gasteiger partial charge in [0.2, 0.25) is 0 Å². The highest BCUT2D eigenvalue weighted by molar-refractivity contribution is 8.00. The maximum absolute atomic E-state index is 5.94. The van der Waals surface area contributed by atoms with Gasteiger partial charge < -0.3 is 16.0 Å². The summed E-state index contributed by atoms with van der Waals surface area (Å²) >= 11 is 1.20. The highest BCUT2D eigenvalue weighted by Gasteiger charge is 2.23. The van der Waals surface area contributed by atoms with Crippen molar-refractivity contribution in [2.45, 2.75) is 19.0 Å². The van der Waals surface area contributed by atoms with Crippen LogP contribution in [0.15, 0.2) is 48.0 Å². The third kappa shape index (κ3) is 3.87. The van der Waals surface area contributed by atoms with Crippen LogP contribution in [0, 0.1) is 5.92 Å². The van der Waals surface area contributed by atoms with E-state index >= 15 is 0 Å². The maximum Gasteiger partial charge on any atom is 0.157 e. The molecule has 9 heteroatoms. The zero-order valence-corrected chi connectivity index (χ0v) is 16.7. The van der Waals surface area contributed by atoms with Gasteiger partial charge in [0.25, 0.3) is 0 Å². The van der Waals surface area contributed by atoms with E-state index in [1.807, 2.05) is 38.0 Å². The zero-order valence-electron chi connectivity index (χ0n) is 15.9. The Morgan fingerprint density at radius 1 is 1.39 bits per heavy atom. The third-order valence-corrected chi connectivity index (χ3v) is 5.65. The molecule has 1 saturated heterocycles. The fraction of sp³-hybridized carbons (Fsp3) is 0.368. The van der Waals surface area contributed by atoms with Crippen molar-refractivity contribution in [3.63, 3.8) is 0 Å². The van der Waals surface area contributed by atoms with Crippen molar-refractivity contribution in [1.29, 1.82) is 0 Å². The second kappa shape index (κ2) is 8.26. The summed E-state index contributed by atoms with van der Waals surface area (Å²) in [6.07, 6.45) is 13.7. The van der Waals surface area contributed by atoms with E-state index in [1.54, 1.807) is 4.68 Å². The lowest BCUT2D eigenvalue weighted by molar-refractivity contribution is 0.425. The van der Waals surface area contributed by atoms with Gasteiger partial charge in [0.1, 0.15) is 0 Å². The Bertz CT molecular complexity index is 903. The molecule has 0 radical (unpaired) electrons. The lowest BCUT2D eigenvalue weighted by atomic mass is 9.91. The molecule has 0 spiro atoms. The summed E-state index contributed by atoms with van der Waals surface area (Å²) < 4.78 is 3.85. The van der Waals surface area contributed by atoms with Crippen LogP contribution < -0.4 is 21.1 Å². The van der Waals surface area contributed by atoms with Gasteiger partial charge in [-0.05, 0) is 55.4 Å². The first kappa shape index (κ1) is 18.9. The van der Waals surface area contributed by atoms with Gasteiger partial charge in [-0.25, -0.2) is 4.98 Å². The highest BCUT2D eigenvalue weighted by atomic mass is 32.2. The summed E-state index contributed by atoms with van der Waals surface area (Å²) in [7, 11) is 1.91. The Morgan fingerprint density at radius 2 is 2.21 bits per heavy atom. The minimum Gasteiger partial charge on any atom is -0.364 e. The summed E-state index contributed by atoms with van der Waals surface area (Å²) in [5.74, 6) is 1.37. The van der Waals surface area contributed by atoms with E-state index in [4.69, 9.17) is 5.14 Å². The number of hydrogen-bond donors (Lipinski definition) is 4. The van der Waals surface area contributed by atoms with Crippen LogP contribution in [0.25, 0.3) is 17.5 Å². The van der Waals surface area contributed by atoms with Crippen LogP contribution in [0.4, 0.5) is 0 Å². The van der Waals surface area contributed by atoms with E-state index < -0.39 is 0 Å². The number of nitrogens with zero attached hydrogens (tertiary/aromatic N) is 4.